The lowest BCUT2D eigenvalue weighted by Gasteiger charge is -2.20. The molecule has 1 aliphatic heterocycles. The Morgan fingerprint density at radius 1 is 1.32 bits per heavy atom. The van der Waals surface area contributed by atoms with Crippen molar-refractivity contribution in [3.05, 3.63) is 47.3 Å². The van der Waals surface area contributed by atoms with Crippen LogP contribution in [0.2, 0.25) is 0 Å². The van der Waals surface area contributed by atoms with Gasteiger partial charge >= 0.3 is 0 Å². The van der Waals surface area contributed by atoms with Gasteiger partial charge < -0.3 is 20.1 Å². The number of guanidine groups is 1. The summed E-state index contributed by atoms with van der Waals surface area (Å²) in [5.74, 6) is 1.75. The van der Waals surface area contributed by atoms with Gasteiger partial charge in [0.1, 0.15) is 5.76 Å². The SMILES string of the molecule is CN=C(NCCc1c(C)noc1C)NC1CCN(c2ccccc2)C1. The summed E-state index contributed by atoms with van der Waals surface area (Å²) in [7, 11) is 1.81. The van der Waals surface area contributed by atoms with E-state index in [1.54, 1.807) is 0 Å². The molecule has 1 unspecified atom stereocenters. The molecule has 1 aromatic heterocycles. The van der Waals surface area contributed by atoms with E-state index in [-0.39, 0.29) is 0 Å². The maximum atomic E-state index is 5.21. The second-order valence-electron chi connectivity index (χ2n) is 6.46. The van der Waals surface area contributed by atoms with Gasteiger partial charge in [-0.3, -0.25) is 4.99 Å². The predicted octanol–water partition coefficient (Wildman–Crippen LogP) is 2.28. The Kier molecular flexibility index (Phi) is 5.58. The summed E-state index contributed by atoms with van der Waals surface area (Å²) in [6, 6.07) is 11.0. The average molecular weight is 341 g/mol. The quantitative estimate of drug-likeness (QED) is 0.645. The Morgan fingerprint density at radius 2 is 2.12 bits per heavy atom. The van der Waals surface area contributed by atoms with E-state index in [9.17, 15) is 0 Å². The number of aromatic nitrogens is 1. The normalized spacial score (nSPS) is 17.8. The predicted molar refractivity (Wildman–Crippen MR) is 101 cm³/mol. The molecule has 0 saturated carbocycles. The molecule has 1 aliphatic rings. The van der Waals surface area contributed by atoms with Gasteiger partial charge in [-0.2, -0.15) is 0 Å². The van der Waals surface area contributed by atoms with Crippen LogP contribution in [-0.4, -0.2) is 43.8 Å². The van der Waals surface area contributed by atoms with E-state index < -0.39 is 0 Å². The molecular formula is C19H27N5O. The summed E-state index contributed by atoms with van der Waals surface area (Å²) in [6.07, 6.45) is 1.99. The van der Waals surface area contributed by atoms with Crippen LogP contribution in [0.3, 0.4) is 0 Å². The lowest BCUT2D eigenvalue weighted by atomic mass is 10.1. The second-order valence-corrected chi connectivity index (χ2v) is 6.46. The van der Waals surface area contributed by atoms with E-state index in [4.69, 9.17) is 4.52 Å². The van der Waals surface area contributed by atoms with Crippen LogP contribution in [0.1, 0.15) is 23.4 Å². The fourth-order valence-corrected chi connectivity index (χ4v) is 3.30. The highest BCUT2D eigenvalue weighted by Crippen LogP contribution is 2.19. The molecule has 6 nitrogen and oxygen atoms in total. The summed E-state index contributed by atoms with van der Waals surface area (Å²) in [5.41, 5.74) is 3.43. The third-order valence-electron chi connectivity index (χ3n) is 4.72. The summed E-state index contributed by atoms with van der Waals surface area (Å²) in [6.45, 7) is 6.80. The largest absolute Gasteiger partial charge is 0.369 e. The number of aryl methyl sites for hydroxylation is 2. The smallest absolute Gasteiger partial charge is 0.191 e. The lowest BCUT2D eigenvalue weighted by Crippen LogP contribution is -2.45. The highest BCUT2D eigenvalue weighted by molar-refractivity contribution is 5.80. The maximum absolute atomic E-state index is 5.21. The highest BCUT2D eigenvalue weighted by Gasteiger charge is 2.23. The first-order valence-corrected chi connectivity index (χ1v) is 8.86. The standard InChI is InChI=1S/C19H27N5O/c1-14-18(15(2)25-23-14)9-11-21-19(20-3)22-16-10-12-24(13-16)17-7-5-4-6-8-17/h4-8,16H,9-13H2,1-3H3,(H2,20,21,22). The molecule has 0 spiro atoms. The van der Waals surface area contributed by atoms with Gasteiger partial charge in [0.05, 0.1) is 5.69 Å². The van der Waals surface area contributed by atoms with Gasteiger partial charge in [-0.05, 0) is 38.8 Å². The minimum atomic E-state index is 0.408. The molecule has 1 saturated heterocycles. The van der Waals surface area contributed by atoms with Gasteiger partial charge in [0.2, 0.25) is 0 Å². The number of benzene rings is 1. The molecule has 0 amide bonds. The summed E-state index contributed by atoms with van der Waals surface area (Å²) in [5, 5.41) is 10.9. The van der Waals surface area contributed by atoms with Crippen LogP contribution in [0.15, 0.2) is 39.8 Å². The zero-order chi connectivity index (χ0) is 17.6. The van der Waals surface area contributed by atoms with E-state index in [0.717, 1.165) is 49.9 Å². The lowest BCUT2D eigenvalue weighted by molar-refractivity contribution is 0.392. The van der Waals surface area contributed by atoms with Gasteiger partial charge in [0.25, 0.3) is 0 Å². The van der Waals surface area contributed by atoms with Gasteiger partial charge in [-0.1, -0.05) is 23.4 Å². The molecule has 1 aromatic carbocycles. The van der Waals surface area contributed by atoms with Crippen LogP contribution < -0.4 is 15.5 Å². The summed E-state index contributed by atoms with van der Waals surface area (Å²) < 4.78 is 5.21. The van der Waals surface area contributed by atoms with Crippen LogP contribution >= 0.6 is 0 Å². The number of hydrogen-bond acceptors (Lipinski definition) is 4. The fraction of sp³-hybridized carbons (Fsp3) is 0.474. The first kappa shape index (κ1) is 17.3. The molecule has 2 N–H and O–H groups in total. The van der Waals surface area contributed by atoms with Crippen molar-refractivity contribution >= 4 is 11.6 Å². The molecule has 2 heterocycles. The molecule has 6 heteroatoms. The first-order chi connectivity index (χ1) is 12.2. The number of nitrogens with one attached hydrogen (secondary N) is 2. The van der Waals surface area contributed by atoms with Crippen molar-refractivity contribution in [1.29, 1.82) is 0 Å². The minimum absolute atomic E-state index is 0.408. The van der Waals surface area contributed by atoms with E-state index in [1.165, 1.54) is 11.3 Å². The highest BCUT2D eigenvalue weighted by atomic mass is 16.5. The molecule has 1 atom stereocenters. The minimum Gasteiger partial charge on any atom is -0.369 e. The van der Waals surface area contributed by atoms with Gasteiger partial charge in [-0.15, -0.1) is 0 Å². The van der Waals surface area contributed by atoms with Crippen LogP contribution in [0.4, 0.5) is 5.69 Å². The van der Waals surface area contributed by atoms with Crippen molar-refractivity contribution in [2.75, 3.05) is 31.6 Å². The third-order valence-corrected chi connectivity index (χ3v) is 4.72. The van der Waals surface area contributed by atoms with Crippen molar-refractivity contribution in [1.82, 2.24) is 15.8 Å². The molecule has 0 radical (unpaired) electrons. The van der Waals surface area contributed by atoms with Gasteiger partial charge in [0.15, 0.2) is 5.96 Å². The Bertz CT molecular complexity index is 690. The van der Waals surface area contributed by atoms with Crippen LogP contribution in [-0.2, 0) is 6.42 Å². The molecular weight excluding hydrogens is 314 g/mol. The molecule has 0 aliphatic carbocycles. The summed E-state index contributed by atoms with van der Waals surface area (Å²) in [4.78, 5) is 6.76. The van der Waals surface area contributed by atoms with E-state index in [0.29, 0.717) is 6.04 Å². The molecule has 3 rings (SSSR count). The number of anilines is 1. The summed E-state index contributed by atoms with van der Waals surface area (Å²) >= 11 is 0. The van der Waals surface area contributed by atoms with Crippen molar-refractivity contribution in [2.24, 2.45) is 4.99 Å². The topological polar surface area (TPSA) is 65.7 Å². The fourth-order valence-electron chi connectivity index (χ4n) is 3.30. The van der Waals surface area contributed by atoms with E-state index >= 15 is 0 Å². The molecule has 134 valence electrons. The molecule has 1 fully saturated rings. The number of hydrogen-bond donors (Lipinski definition) is 2. The number of aliphatic imine (C=N–C) groups is 1. The Hall–Kier alpha value is -2.50. The molecule has 25 heavy (non-hydrogen) atoms. The Balaban J connectivity index is 1.47. The Labute approximate surface area is 149 Å². The van der Waals surface area contributed by atoms with Crippen molar-refractivity contribution in [3.8, 4) is 0 Å². The molecule has 0 bridgehead atoms. The van der Waals surface area contributed by atoms with E-state index in [1.807, 2.05) is 20.9 Å². The molecule has 2 aromatic rings. The number of rotatable bonds is 5. The van der Waals surface area contributed by atoms with Crippen LogP contribution in [0, 0.1) is 13.8 Å². The number of nitrogens with zero attached hydrogens (tertiary/aromatic N) is 3. The zero-order valence-corrected chi connectivity index (χ0v) is 15.2. The average Bonchev–Trinajstić information content (AvgIpc) is 3.23. The van der Waals surface area contributed by atoms with Crippen molar-refractivity contribution in [2.45, 2.75) is 32.7 Å². The van der Waals surface area contributed by atoms with Crippen LogP contribution in [0.5, 0.6) is 0 Å². The number of para-hydroxylation sites is 1. The van der Waals surface area contributed by atoms with Crippen LogP contribution in [0.25, 0.3) is 0 Å². The Morgan fingerprint density at radius 3 is 2.80 bits per heavy atom. The van der Waals surface area contributed by atoms with Crippen molar-refractivity contribution < 1.29 is 4.52 Å². The monoisotopic (exact) mass is 341 g/mol. The zero-order valence-electron chi connectivity index (χ0n) is 15.2. The van der Waals surface area contributed by atoms with Gasteiger partial charge in [-0.25, -0.2) is 0 Å². The van der Waals surface area contributed by atoms with Crippen molar-refractivity contribution in [3.63, 3.8) is 0 Å². The first-order valence-electron chi connectivity index (χ1n) is 8.86. The second kappa shape index (κ2) is 8.05. The van der Waals surface area contributed by atoms with E-state index in [2.05, 4.69) is 56.0 Å². The van der Waals surface area contributed by atoms with Gasteiger partial charge in [0, 0.05) is 44.0 Å². The third kappa shape index (κ3) is 4.32. The maximum Gasteiger partial charge on any atom is 0.191 e.